The molecule has 0 saturated carbocycles. The first-order valence-corrected chi connectivity index (χ1v) is 9.60. The predicted molar refractivity (Wildman–Crippen MR) is 117 cm³/mol. The molecule has 0 atom stereocenters. The molecule has 0 saturated heterocycles. The zero-order valence-corrected chi connectivity index (χ0v) is 17.2. The standard InChI is InChI=1S/C22H28N4O3/c1-14(2)21(28)25-18-7-5-16(6-8-18)23-13-20(27)24-17-9-11-19(12-10-17)26-22(29)15(3)4/h5-12,14-15,23H,13H2,1-4H3,(H,24,27)(H,25,28)(H,26,29). The van der Waals surface area contributed by atoms with Crippen LogP contribution in [-0.4, -0.2) is 24.3 Å². The van der Waals surface area contributed by atoms with E-state index in [1.54, 1.807) is 48.5 Å². The van der Waals surface area contributed by atoms with Crippen molar-refractivity contribution in [3.63, 3.8) is 0 Å². The average molecular weight is 396 g/mol. The Kier molecular flexibility index (Phi) is 7.77. The van der Waals surface area contributed by atoms with Gasteiger partial charge >= 0.3 is 0 Å². The molecular formula is C22H28N4O3. The van der Waals surface area contributed by atoms with Crippen molar-refractivity contribution in [3.05, 3.63) is 48.5 Å². The van der Waals surface area contributed by atoms with Gasteiger partial charge in [-0.2, -0.15) is 0 Å². The van der Waals surface area contributed by atoms with Crippen LogP contribution in [0.15, 0.2) is 48.5 Å². The van der Waals surface area contributed by atoms with Crippen molar-refractivity contribution in [3.8, 4) is 0 Å². The Balaban J connectivity index is 1.80. The first kappa shape index (κ1) is 21.9. The third-order valence-corrected chi connectivity index (χ3v) is 4.09. The van der Waals surface area contributed by atoms with E-state index in [0.717, 1.165) is 5.69 Å². The van der Waals surface area contributed by atoms with Crippen LogP contribution in [0.5, 0.6) is 0 Å². The van der Waals surface area contributed by atoms with Crippen LogP contribution >= 0.6 is 0 Å². The molecule has 0 fully saturated rings. The van der Waals surface area contributed by atoms with Crippen LogP contribution in [0.3, 0.4) is 0 Å². The molecule has 0 radical (unpaired) electrons. The number of rotatable bonds is 8. The molecule has 0 aromatic heterocycles. The molecule has 0 aliphatic heterocycles. The maximum atomic E-state index is 12.1. The number of hydrogen-bond acceptors (Lipinski definition) is 4. The zero-order valence-electron chi connectivity index (χ0n) is 17.2. The van der Waals surface area contributed by atoms with Gasteiger partial charge in [-0.1, -0.05) is 27.7 Å². The van der Waals surface area contributed by atoms with Gasteiger partial charge in [0.25, 0.3) is 0 Å². The lowest BCUT2D eigenvalue weighted by Crippen LogP contribution is -2.22. The Morgan fingerprint density at radius 3 is 1.34 bits per heavy atom. The van der Waals surface area contributed by atoms with E-state index in [2.05, 4.69) is 21.3 Å². The third-order valence-electron chi connectivity index (χ3n) is 4.09. The van der Waals surface area contributed by atoms with E-state index in [9.17, 15) is 14.4 Å². The first-order chi connectivity index (χ1) is 13.7. The molecule has 0 unspecified atom stereocenters. The summed E-state index contributed by atoms with van der Waals surface area (Å²) in [4.78, 5) is 35.5. The average Bonchev–Trinajstić information content (AvgIpc) is 2.68. The van der Waals surface area contributed by atoms with Crippen LogP contribution in [0.1, 0.15) is 27.7 Å². The summed E-state index contributed by atoms with van der Waals surface area (Å²) in [7, 11) is 0. The number of nitrogens with one attached hydrogen (secondary N) is 4. The zero-order chi connectivity index (χ0) is 21.4. The third kappa shape index (κ3) is 7.29. The Bertz CT molecular complexity index is 843. The summed E-state index contributed by atoms with van der Waals surface area (Å²) in [5.41, 5.74) is 2.81. The lowest BCUT2D eigenvalue weighted by atomic mass is 10.2. The Morgan fingerprint density at radius 1 is 0.621 bits per heavy atom. The van der Waals surface area contributed by atoms with Crippen molar-refractivity contribution >= 4 is 40.5 Å². The Labute approximate surface area is 171 Å². The maximum Gasteiger partial charge on any atom is 0.243 e. The van der Waals surface area contributed by atoms with E-state index in [1.807, 2.05) is 27.7 Å². The molecule has 0 aliphatic carbocycles. The predicted octanol–water partition coefficient (Wildman–Crippen LogP) is 3.93. The molecule has 7 heteroatoms. The molecule has 0 heterocycles. The van der Waals surface area contributed by atoms with Gasteiger partial charge in [0, 0.05) is 34.6 Å². The Hall–Kier alpha value is -3.35. The van der Waals surface area contributed by atoms with Crippen molar-refractivity contribution in [2.24, 2.45) is 11.8 Å². The van der Waals surface area contributed by atoms with Gasteiger partial charge in [0.15, 0.2) is 0 Å². The second-order valence-corrected chi connectivity index (χ2v) is 7.34. The second kappa shape index (κ2) is 10.3. The molecule has 2 aromatic rings. The molecule has 7 nitrogen and oxygen atoms in total. The fraction of sp³-hybridized carbons (Fsp3) is 0.318. The molecule has 154 valence electrons. The van der Waals surface area contributed by atoms with Gasteiger partial charge in [-0.25, -0.2) is 0 Å². The van der Waals surface area contributed by atoms with Gasteiger partial charge in [-0.05, 0) is 48.5 Å². The van der Waals surface area contributed by atoms with E-state index >= 15 is 0 Å². The minimum Gasteiger partial charge on any atom is -0.376 e. The van der Waals surface area contributed by atoms with Crippen molar-refractivity contribution in [1.82, 2.24) is 0 Å². The molecule has 29 heavy (non-hydrogen) atoms. The molecule has 0 aliphatic rings. The van der Waals surface area contributed by atoms with E-state index < -0.39 is 0 Å². The molecule has 0 bridgehead atoms. The topological polar surface area (TPSA) is 99.3 Å². The van der Waals surface area contributed by atoms with Crippen LogP contribution in [-0.2, 0) is 14.4 Å². The lowest BCUT2D eigenvalue weighted by molar-refractivity contribution is -0.119. The summed E-state index contributed by atoms with van der Waals surface area (Å²) in [5, 5.41) is 11.4. The highest BCUT2D eigenvalue weighted by molar-refractivity contribution is 5.95. The van der Waals surface area contributed by atoms with E-state index in [1.165, 1.54) is 0 Å². The molecule has 2 rings (SSSR count). The number of carbonyl (C=O) groups is 3. The minimum atomic E-state index is -0.193. The minimum absolute atomic E-state index is 0.0418. The maximum absolute atomic E-state index is 12.1. The second-order valence-electron chi connectivity index (χ2n) is 7.34. The van der Waals surface area contributed by atoms with Crippen LogP contribution in [0.25, 0.3) is 0 Å². The number of benzene rings is 2. The van der Waals surface area contributed by atoms with Crippen molar-refractivity contribution in [2.45, 2.75) is 27.7 Å². The Morgan fingerprint density at radius 2 is 0.966 bits per heavy atom. The molecule has 2 aromatic carbocycles. The molecule has 3 amide bonds. The van der Waals surface area contributed by atoms with Crippen LogP contribution in [0, 0.1) is 11.8 Å². The summed E-state index contributed by atoms with van der Waals surface area (Å²) in [6, 6.07) is 14.1. The normalized spacial score (nSPS) is 10.6. The summed E-state index contributed by atoms with van der Waals surface area (Å²) in [6.07, 6.45) is 0. The number of hydrogen-bond donors (Lipinski definition) is 4. The number of amides is 3. The highest BCUT2D eigenvalue weighted by atomic mass is 16.2. The highest BCUT2D eigenvalue weighted by Crippen LogP contribution is 2.16. The van der Waals surface area contributed by atoms with Gasteiger partial charge in [0.2, 0.25) is 17.7 Å². The fourth-order valence-electron chi connectivity index (χ4n) is 2.27. The highest BCUT2D eigenvalue weighted by Gasteiger charge is 2.08. The van der Waals surface area contributed by atoms with Crippen molar-refractivity contribution < 1.29 is 14.4 Å². The van der Waals surface area contributed by atoms with Crippen molar-refractivity contribution in [1.29, 1.82) is 0 Å². The largest absolute Gasteiger partial charge is 0.376 e. The van der Waals surface area contributed by atoms with Crippen LogP contribution < -0.4 is 21.3 Å². The monoisotopic (exact) mass is 396 g/mol. The van der Waals surface area contributed by atoms with Crippen LogP contribution in [0.4, 0.5) is 22.7 Å². The summed E-state index contributed by atoms with van der Waals surface area (Å²) < 4.78 is 0. The summed E-state index contributed by atoms with van der Waals surface area (Å²) in [5.74, 6) is -0.472. The SMILES string of the molecule is CC(C)C(=O)Nc1ccc(NCC(=O)Nc2ccc(NC(=O)C(C)C)cc2)cc1. The molecule has 0 spiro atoms. The van der Waals surface area contributed by atoms with Gasteiger partial charge in [0.1, 0.15) is 0 Å². The summed E-state index contributed by atoms with van der Waals surface area (Å²) in [6.45, 7) is 7.42. The molecular weight excluding hydrogens is 368 g/mol. The fourth-order valence-corrected chi connectivity index (χ4v) is 2.27. The quantitative estimate of drug-likeness (QED) is 0.543. The molecule has 4 N–H and O–H groups in total. The smallest absolute Gasteiger partial charge is 0.243 e. The van der Waals surface area contributed by atoms with E-state index in [0.29, 0.717) is 17.1 Å². The van der Waals surface area contributed by atoms with Gasteiger partial charge in [0.05, 0.1) is 6.54 Å². The van der Waals surface area contributed by atoms with E-state index in [-0.39, 0.29) is 36.1 Å². The van der Waals surface area contributed by atoms with Gasteiger partial charge in [-0.3, -0.25) is 14.4 Å². The van der Waals surface area contributed by atoms with Crippen LogP contribution in [0.2, 0.25) is 0 Å². The van der Waals surface area contributed by atoms with Gasteiger partial charge in [-0.15, -0.1) is 0 Å². The van der Waals surface area contributed by atoms with Crippen molar-refractivity contribution in [2.75, 3.05) is 27.8 Å². The number of anilines is 4. The van der Waals surface area contributed by atoms with E-state index in [4.69, 9.17) is 0 Å². The van der Waals surface area contributed by atoms with Gasteiger partial charge < -0.3 is 21.3 Å². The first-order valence-electron chi connectivity index (χ1n) is 9.60. The summed E-state index contributed by atoms with van der Waals surface area (Å²) >= 11 is 0. The lowest BCUT2D eigenvalue weighted by Gasteiger charge is -2.11. The number of carbonyl (C=O) groups excluding carboxylic acids is 3.